The molecular formula is C30H48O3. The van der Waals surface area contributed by atoms with Crippen LogP contribution in [-0.2, 0) is 9.59 Å². The Bertz CT molecular complexity index is 876. The van der Waals surface area contributed by atoms with E-state index in [9.17, 15) is 14.7 Å². The zero-order valence-electron chi connectivity index (χ0n) is 22.4. The summed E-state index contributed by atoms with van der Waals surface area (Å²) in [6, 6.07) is 0. The number of fused-ring (bicyclic) bond motifs is 7. The maximum Gasteiger partial charge on any atom is 0.139 e. The first-order chi connectivity index (χ1) is 15.2. The van der Waals surface area contributed by atoms with Crippen LogP contribution in [0, 0.1) is 56.2 Å². The molecule has 0 heterocycles. The van der Waals surface area contributed by atoms with E-state index < -0.39 is 0 Å². The predicted octanol–water partition coefficient (Wildman–Crippen LogP) is 6.61. The van der Waals surface area contributed by atoms with Gasteiger partial charge in [0.05, 0.1) is 0 Å². The van der Waals surface area contributed by atoms with E-state index >= 15 is 0 Å². The number of hydrogen-bond acceptors (Lipinski definition) is 3. The van der Waals surface area contributed by atoms with Gasteiger partial charge in [-0.15, -0.1) is 0 Å². The molecule has 0 bridgehead atoms. The zero-order chi connectivity index (χ0) is 24.2. The molecule has 33 heavy (non-hydrogen) atoms. The van der Waals surface area contributed by atoms with E-state index in [4.69, 9.17) is 0 Å². The fourth-order valence-electron chi connectivity index (χ4n) is 11.2. The Balaban J connectivity index is 1.58. The number of carbonyl (C=O) groups is 2. The number of hydrogen-bond donors (Lipinski definition) is 1. The Morgan fingerprint density at radius 2 is 1.52 bits per heavy atom. The van der Waals surface area contributed by atoms with Crippen LogP contribution in [0.4, 0.5) is 0 Å². The molecule has 0 aromatic heterocycles. The molecule has 5 aliphatic rings. The second kappa shape index (κ2) is 6.95. The third-order valence-electron chi connectivity index (χ3n) is 13.6. The van der Waals surface area contributed by atoms with Gasteiger partial charge in [-0.1, -0.05) is 48.5 Å². The molecule has 5 rings (SSSR count). The van der Waals surface area contributed by atoms with E-state index in [1.165, 1.54) is 6.42 Å². The van der Waals surface area contributed by atoms with E-state index in [0.29, 0.717) is 35.7 Å². The van der Waals surface area contributed by atoms with E-state index in [-0.39, 0.29) is 45.0 Å². The lowest BCUT2D eigenvalue weighted by atomic mass is 9.30. The molecule has 186 valence electrons. The van der Waals surface area contributed by atoms with Gasteiger partial charge in [-0.25, -0.2) is 0 Å². The van der Waals surface area contributed by atoms with E-state index in [1.54, 1.807) is 0 Å². The maximum absolute atomic E-state index is 13.0. The minimum Gasteiger partial charge on any atom is -0.396 e. The quantitative estimate of drug-likeness (QED) is 0.483. The summed E-state index contributed by atoms with van der Waals surface area (Å²) in [6.07, 6.45) is 10.2. The summed E-state index contributed by atoms with van der Waals surface area (Å²) < 4.78 is 0. The number of aliphatic hydroxyl groups excluding tert-OH is 1. The largest absolute Gasteiger partial charge is 0.396 e. The number of ketones is 2. The van der Waals surface area contributed by atoms with E-state index in [2.05, 4.69) is 48.5 Å². The highest BCUT2D eigenvalue weighted by atomic mass is 16.3. The molecule has 0 aromatic rings. The smallest absolute Gasteiger partial charge is 0.139 e. The Kier molecular flexibility index (Phi) is 5.06. The Morgan fingerprint density at radius 3 is 2.18 bits per heavy atom. The van der Waals surface area contributed by atoms with E-state index in [1.807, 2.05) is 0 Å². The molecule has 1 N–H and O–H groups in total. The van der Waals surface area contributed by atoms with Crippen molar-refractivity contribution in [2.45, 2.75) is 113 Å². The fourth-order valence-corrected chi connectivity index (χ4v) is 11.2. The molecule has 0 aromatic carbocycles. The Labute approximate surface area is 201 Å². The van der Waals surface area contributed by atoms with Crippen molar-refractivity contribution >= 4 is 11.6 Å². The van der Waals surface area contributed by atoms with Crippen molar-refractivity contribution in [1.29, 1.82) is 0 Å². The van der Waals surface area contributed by atoms with Crippen molar-refractivity contribution in [3.63, 3.8) is 0 Å². The summed E-state index contributed by atoms with van der Waals surface area (Å²) in [6.45, 7) is 16.6. The highest BCUT2D eigenvalue weighted by molar-refractivity contribution is 5.85. The molecule has 0 aliphatic heterocycles. The molecule has 9 atom stereocenters. The minimum atomic E-state index is -0.282. The summed E-state index contributed by atoms with van der Waals surface area (Å²) in [7, 11) is 0. The van der Waals surface area contributed by atoms with Gasteiger partial charge in [0.1, 0.15) is 11.6 Å². The molecular weight excluding hydrogens is 408 g/mol. The van der Waals surface area contributed by atoms with Crippen molar-refractivity contribution in [3.8, 4) is 0 Å². The van der Waals surface area contributed by atoms with Crippen molar-refractivity contribution in [3.05, 3.63) is 0 Å². The molecule has 0 spiro atoms. The maximum atomic E-state index is 13.0. The van der Waals surface area contributed by atoms with Crippen molar-refractivity contribution in [1.82, 2.24) is 0 Å². The third kappa shape index (κ3) is 2.78. The minimum absolute atomic E-state index is 0.0253. The van der Waals surface area contributed by atoms with Crippen LogP contribution in [0.1, 0.15) is 113 Å². The lowest BCUT2D eigenvalue weighted by Crippen LogP contribution is -2.70. The van der Waals surface area contributed by atoms with Crippen LogP contribution >= 0.6 is 0 Å². The first-order valence-corrected chi connectivity index (χ1v) is 13.9. The number of rotatable bonds is 1. The molecule has 0 radical (unpaired) electrons. The monoisotopic (exact) mass is 456 g/mol. The van der Waals surface area contributed by atoms with Crippen LogP contribution < -0.4 is 0 Å². The summed E-state index contributed by atoms with van der Waals surface area (Å²) in [5.41, 5.74) is 0.113. The fraction of sp³-hybridized carbons (Fsp3) is 0.933. The van der Waals surface area contributed by atoms with Crippen LogP contribution in [0.3, 0.4) is 0 Å². The first-order valence-electron chi connectivity index (χ1n) is 13.9. The second-order valence-electron chi connectivity index (χ2n) is 15.0. The van der Waals surface area contributed by atoms with Crippen LogP contribution in [0.2, 0.25) is 0 Å². The van der Waals surface area contributed by atoms with Gasteiger partial charge in [-0.3, -0.25) is 9.59 Å². The SMILES string of the molecule is CC1C(=O)CCC2C1(C)CCC1C2(C)CCC2(CO)C3CC(C)(C)C(=O)CC3(C)CCC12C. The molecule has 3 nitrogen and oxygen atoms in total. The normalized spacial score (nSPS) is 55.8. The molecule has 5 aliphatic carbocycles. The molecule has 5 fully saturated rings. The highest BCUT2D eigenvalue weighted by Crippen LogP contribution is 2.78. The second-order valence-corrected chi connectivity index (χ2v) is 15.0. The zero-order valence-corrected chi connectivity index (χ0v) is 22.4. The van der Waals surface area contributed by atoms with Gasteiger partial charge < -0.3 is 5.11 Å². The average molecular weight is 457 g/mol. The van der Waals surface area contributed by atoms with Gasteiger partial charge in [-0.05, 0) is 90.8 Å². The lowest BCUT2D eigenvalue weighted by molar-refractivity contribution is -0.269. The molecule has 9 unspecified atom stereocenters. The number of carbonyl (C=O) groups excluding carboxylic acids is 2. The Morgan fingerprint density at radius 1 is 0.818 bits per heavy atom. The summed E-state index contributed by atoms with van der Waals surface area (Å²) >= 11 is 0. The van der Waals surface area contributed by atoms with Crippen molar-refractivity contribution < 1.29 is 14.7 Å². The third-order valence-corrected chi connectivity index (χ3v) is 13.6. The van der Waals surface area contributed by atoms with Gasteiger partial charge in [-0.2, -0.15) is 0 Å². The van der Waals surface area contributed by atoms with Crippen LogP contribution in [0.25, 0.3) is 0 Å². The summed E-state index contributed by atoms with van der Waals surface area (Å²) in [4.78, 5) is 25.8. The topological polar surface area (TPSA) is 54.4 Å². The van der Waals surface area contributed by atoms with E-state index in [0.717, 1.165) is 51.4 Å². The van der Waals surface area contributed by atoms with Crippen LogP contribution in [0.5, 0.6) is 0 Å². The summed E-state index contributed by atoms with van der Waals surface area (Å²) in [5.74, 6) is 2.67. The van der Waals surface area contributed by atoms with Gasteiger partial charge in [0, 0.05) is 36.2 Å². The average Bonchev–Trinajstić information content (AvgIpc) is 2.73. The van der Waals surface area contributed by atoms with Gasteiger partial charge in [0.2, 0.25) is 0 Å². The predicted molar refractivity (Wildman–Crippen MR) is 132 cm³/mol. The van der Waals surface area contributed by atoms with Crippen molar-refractivity contribution in [2.75, 3.05) is 6.61 Å². The van der Waals surface area contributed by atoms with Gasteiger partial charge in [0.15, 0.2) is 0 Å². The van der Waals surface area contributed by atoms with Crippen LogP contribution in [0.15, 0.2) is 0 Å². The number of aliphatic hydroxyl groups is 1. The van der Waals surface area contributed by atoms with Crippen LogP contribution in [-0.4, -0.2) is 23.3 Å². The lowest BCUT2D eigenvalue weighted by Gasteiger charge is -2.74. The first kappa shape index (κ1) is 24.0. The van der Waals surface area contributed by atoms with Gasteiger partial charge >= 0.3 is 0 Å². The standard InChI is InChI=1S/C30H48O3/c1-19-20(32)8-9-21-27(19,5)11-10-22-28(21,6)13-15-30(18-31)23-16-25(2,3)24(33)17-26(23,4)12-14-29(22,30)7/h19,21-23,31H,8-18H2,1-7H3. The highest BCUT2D eigenvalue weighted by Gasteiger charge is 2.72. The summed E-state index contributed by atoms with van der Waals surface area (Å²) in [5, 5.41) is 11.2. The van der Waals surface area contributed by atoms with Gasteiger partial charge in [0.25, 0.3) is 0 Å². The Hall–Kier alpha value is -0.700. The molecule has 3 heteroatoms. The van der Waals surface area contributed by atoms with Crippen molar-refractivity contribution in [2.24, 2.45) is 56.2 Å². The molecule has 0 saturated heterocycles. The molecule has 0 amide bonds. The molecule has 5 saturated carbocycles. The number of Topliss-reactive ketones (excluding diaryl/α,β-unsaturated/α-hetero) is 2.